The first kappa shape index (κ1) is 23.9. The van der Waals surface area contributed by atoms with Gasteiger partial charge in [0.05, 0.1) is 10.5 Å². The molecule has 0 spiro atoms. The smallest absolute Gasteiger partial charge is 0.213 e. The molecule has 0 atom stereocenters. The zero-order chi connectivity index (χ0) is 19.8. The number of nitrogens with one attached hydrogen (secondary N) is 2. The van der Waals surface area contributed by atoms with Gasteiger partial charge in [-0.3, -0.25) is 0 Å². The van der Waals surface area contributed by atoms with Crippen LogP contribution in [0.4, 0.5) is 0 Å². The lowest BCUT2D eigenvalue weighted by molar-refractivity contribution is 0.248. The summed E-state index contributed by atoms with van der Waals surface area (Å²) < 4.78 is 52.1. The third kappa shape index (κ3) is 8.67. The van der Waals surface area contributed by atoms with E-state index in [1.807, 2.05) is 0 Å². The highest BCUT2D eigenvalue weighted by Crippen LogP contribution is 2.33. The number of hydrogen-bond acceptors (Lipinski definition) is 4. The summed E-state index contributed by atoms with van der Waals surface area (Å²) in [5.41, 5.74) is 0. The molecule has 156 valence electrons. The van der Waals surface area contributed by atoms with Gasteiger partial charge in [0.2, 0.25) is 20.0 Å². The van der Waals surface area contributed by atoms with Crippen LogP contribution in [0.1, 0.15) is 79.1 Å². The van der Waals surface area contributed by atoms with Crippen molar-refractivity contribution < 1.29 is 16.8 Å². The summed E-state index contributed by atoms with van der Waals surface area (Å²) in [5.74, 6) is 1.41. The summed E-state index contributed by atoms with van der Waals surface area (Å²) in [6.45, 7) is 7.84. The SMILES string of the molecule is CC(C)S(=O)(=O)NCCCC1CCC(CCCNS(=O)(=O)C(C)C)CC1. The number of hydrogen-bond donors (Lipinski definition) is 2. The highest BCUT2D eigenvalue weighted by molar-refractivity contribution is 7.90. The van der Waals surface area contributed by atoms with Gasteiger partial charge in [-0.05, 0) is 65.2 Å². The molecular weight excluding hydrogens is 372 g/mol. The van der Waals surface area contributed by atoms with E-state index in [0.717, 1.165) is 25.7 Å². The van der Waals surface area contributed by atoms with Crippen molar-refractivity contribution in [3.05, 3.63) is 0 Å². The monoisotopic (exact) mass is 410 g/mol. The molecule has 0 aromatic heterocycles. The quantitative estimate of drug-likeness (QED) is 0.484. The van der Waals surface area contributed by atoms with Gasteiger partial charge in [0.1, 0.15) is 0 Å². The van der Waals surface area contributed by atoms with Crippen LogP contribution >= 0.6 is 0 Å². The van der Waals surface area contributed by atoms with E-state index in [0.29, 0.717) is 24.9 Å². The molecule has 8 heteroatoms. The maximum atomic E-state index is 11.7. The molecule has 0 amide bonds. The van der Waals surface area contributed by atoms with Crippen LogP contribution in [0.5, 0.6) is 0 Å². The second-order valence-corrected chi connectivity index (χ2v) is 12.8. The Morgan fingerprint density at radius 3 is 1.27 bits per heavy atom. The maximum Gasteiger partial charge on any atom is 0.213 e. The lowest BCUT2D eigenvalue weighted by Crippen LogP contribution is -2.32. The first-order valence-electron chi connectivity index (χ1n) is 10.0. The predicted octanol–water partition coefficient (Wildman–Crippen LogP) is 3.01. The summed E-state index contributed by atoms with van der Waals surface area (Å²) in [7, 11) is -6.28. The predicted molar refractivity (Wildman–Crippen MR) is 108 cm³/mol. The van der Waals surface area contributed by atoms with Crippen LogP contribution in [-0.2, 0) is 20.0 Å². The summed E-state index contributed by atoms with van der Waals surface area (Å²) in [6, 6.07) is 0. The Bertz CT molecular complexity index is 539. The molecule has 1 fully saturated rings. The van der Waals surface area contributed by atoms with E-state index in [4.69, 9.17) is 0 Å². The van der Waals surface area contributed by atoms with Gasteiger partial charge in [0.15, 0.2) is 0 Å². The van der Waals surface area contributed by atoms with Crippen LogP contribution in [0.3, 0.4) is 0 Å². The highest BCUT2D eigenvalue weighted by atomic mass is 32.2. The molecule has 1 saturated carbocycles. The van der Waals surface area contributed by atoms with Crippen molar-refractivity contribution >= 4 is 20.0 Å². The van der Waals surface area contributed by atoms with Gasteiger partial charge >= 0.3 is 0 Å². The minimum Gasteiger partial charge on any atom is -0.215 e. The van der Waals surface area contributed by atoms with Crippen LogP contribution < -0.4 is 9.44 Å². The van der Waals surface area contributed by atoms with Crippen molar-refractivity contribution in [1.82, 2.24) is 9.44 Å². The van der Waals surface area contributed by atoms with Crippen LogP contribution in [0.25, 0.3) is 0 Å². The molecule has 0 radical (unpaired) electrons. The molecule has 6 nitrogen and oxygen atoms in total. The Morgan fingerprint density at radius 2 is 1.00 bits per heavy atom. The largest absolute Gasteiger partial charge is 0.215 e. The Labute approximate surface area is 161 Å². The van der Waals surface area contributed by atoms with Crippen molar-refractivity contribution in [2.75, 3.05) is 13.1 Å². The van der Waals surface area contributed by atoms with E-state index in [1.165, 1.54) is 25.7 Å². The summed E-state index contributed by atoms with van der Waals surface area (Å²) in [4.78, 5) is 0. The summed E-state index contributed by atoms with van der Waals surface area (Å²) in [5, 5.41) is -0.745. The molecule has 26 heavy (non-hydrogen) atoms. The molecule has 0 aliphatic heterocycles. The minimum atomic E-state index is -3.14. The lowest BCUT2D eigenvalue weighted by Gasteiger charge is -2.28. The third-order valence-corrected chi connectivity index (χ3v) is 9.09. The fourth-order valence-electron chi connectivity index (χ4n) is 3.35. The van der Waals surface area contributed by atoms with Gasteiger partial charge in [-0.1, -0.05) is 25.7 Å². The standard InChI is InChI=1S/C18H38N2O4S2/c1-15(2)25(21,22)19-13-5-7-17-9-11-18(12-10-17)8-6-14-20-26(23,24)16(3)4/h15-20H,5-14H2,1-4H3. The third-order valence-electron chi connectivity index (χ3n) is 5.39. The van der Waals surface area contributed by atoms with E-state index < -0.39 is 20.0 Å². The minimum absolute atomic E-state index is 0.372. The fourth-order valence-corrected chi connectivity index (χ4v) is 4.88. The molecule has 1 aliphatic rings. The summed E-state index contributed by atoms with van der Waals surface area (Å²) >= 11 is 0. The van der Waals surface area contributed by atoms with Crippen molar-refractivity contribution in [2.24, 2.45) is 11.8 Å². The molecule has 0 saturated heterocycles. The van der Waals surface area contributed by atoms with E-state index in [2.05, 4.69) is 9.44 Å². The molecule has 0 bridgehead atoms. The Morgan fingerprint density at radius 1 is 0.692 bits per heavy atom. The maximum absolute atomic E-state index is 11.7. The molecule has 0 unspecified atom stereocenters. The van der Waals surface area contributed by atoms with E-state index >= 15 is 0 Å². The van der Waals surface area contributed by atoms with Gasteiger partial charge in [-0.2, -0.15) is 0 Å². The molecule has 1 aliphatic carbocycles. The van der Waals surface area contributed by atoms with Crippen LogP contribution in [0.2, 0.25) is 0 Å². The molecular formula is C18H38N2O4S2. The zero-order valence-electron chi connectivity index (χ0n) is 16.8. The molecule has 0 heterocycles. The van der Waals surface area contributed by atoms with Crippen molar-refractivity contribution in [1.29, 1.82) is 0 Å². The first-order valence-corrected chi connectivity index (χ1v) is 13.1. The fraction of sp³-hybridized carbons (Fsp3) is 1.00. The normalized spacial score (nSPS) is 22.2. The topological polar surface area (TPSA) is 92.3 Å². The van der Waals surface area contributed by atoms with E-state index in [9.17, 15) is 16.8 Å². The second-order valence-electron chi connectivity index (χ2n) is 8.15. The average molecular weight is 411 g/mol. The van der Waals surface area contributed by atoms with Gasteiger partial charge < -0.3 is 0 Å². The van der Waals surface area contributed by atoms with Gasteiger partial charge in [0.25, 0.3) is 0 Å². The van der Waals surface area contributed by atoms with Crippen LogP contribution in [-0.4, -0.2) is 40.4 Å². The average Bonchev–Trinajstić information content (AvgIpc) is 2.56. The van der Waals surface area contributed by atoms with E-state index in [1.54, 1.807) is 27.7 Å². The lowest BCUT2D eigenvalue weighted by atomic mass is 9.78. The highest BCUT2D eigenvalue weighted by Gasteiger charge is 2.21. The Kier molecular flexibility index (Phi) is 10.1. The van der Waals surface area contributed by atoms with Gasteiger partial charge in [-0.25, -0.2) is 26.3 Å². The first-order chi connectivity index (χ1) is 12.0. The zero-order valence-corrected chi connectivity index (χ0v) is 18.5. The van der Waals surface area contributed by atoms with Gasteiger partial charge in [-0.15, -0.1) is 0 Å². The molecule has 1 rings (SSSR count). The van der Waals surface area contributed by atoms with Crippen LogP contribution in [0.15, 0.2) is 0 Å². The van der Waals surface area contributed by atoms with Crippen molar-refractivity contribution in [3.8, 4) is 0 Å². The van der Waals surface area contributed by atoms with E-state index in [-0.39, 0.29) is 10.5 Å². The number of sulfonamides is 2. The Hall–Kier alpha value is -0.180. The van der Waals surface area contributed by atoms with Crippen molar-refractivity contribution in [3.63, 3.8) is 0 Å². The Balaban J connectivity index is 2.12. The van der Waals surface area contributed by atoms with Crippen LogP contribution in [0, 0.1) is 11.8 Å². The molecule has 0 aromatic carbocycles. The molecule has 2 N–H and O–H groups in total. The van der Waals surface area contributed by atoms with Gasteiger partial charge in [0, 0.05) is 13.1 Å². The number of rotatable bonds is 12. The summed E-state index contributed by atoms with van der Waals surface area (Å²) in [6.07, 6.45) is 8.80. The molecule has 0 aromatic rings. The van der Waals surface area contributed by atoms with Crippen molar-refractivity contribution in [2.45, 2.75) is 89.6 Å². The second kappa shape index (κ2) is 11.0.